The minimum atomic E-state index is -0.570. The van der Waals surface area contributed by atoms with Crippen molar-refractivity contribution < 1.29 is 9.59 Å². The summed E-state index contributed by atoms with van der Waals surface area (Å²) < 4.78 is 1.49. The molecule has 1 aliphatic heterocycles. The van der Waals surface area contributed by atoms with Gasteiger partial charge in [-0.2, -0.15) is 5.10 Å². The molecule has 1 aliphatic rings. The lowest BCUT2D eigenvalue weighted by molar-refractivity contribution is -0.136. The second-order valence-electron chi connectivity index (χ2n) is 4.41. The van der Waals surface area contributed by atoms with E-state index in [1.54, 1.807) is 18.3 Å². The average Bonchev–Trinajstić information content (AvgIpc) is 3.06. The van der Waals surface area contributed by atoms with Gasteiger partial charge in [-0.3, -0.25) is 14.5 Å². The van der Waals surface area contributed by atoms with Crippen molar-refractivity contribution in [2.24, 2.45) is 0 Å². The molecule has 1 N–H and O–H groups in total. The molecule has 0 bridgehead atoms. The fourth-order valence-corrected chi connectivity index (χ4v) is 2.07. The van der Waals surface area contributed by atoms with Crippen molar-refractivity contribution in [2.45, 2.75) is 12.5 Å². The molecule has 8 heteroatoms. The average molecular weight is 272 g/mol. The van der Waals surface area contributed by atoms with E-state index in [1.165, 1.54) is 24.4 Å². The lowest BCUT2D eigenvalue weighted by Crippen LogP contribution is -2.32. The molecule has 0 saturated carbocycles. The van der Waals surface area contributed by atoms with Gasteiger partial charge in [0.25, 0.3) is 5.91 Å². The maximum atomic E-state index is 11.9. The Hall–Kier alpha value is -2.77. The summed E-state index contributed by atoms with van der Waals surface area (Å²) in [7, 11) is 1.48. The van der Waals surface area contributed by atoms with Gasteiger partial charge in [-0.1, -0.05) is 0 Å². The van der Waals surface area contributed by atoms with E-state index < -0.39 is 6.04 Å². The number of rotatable bonds is 3. The van der Waals surface area contributed by atoms with Gasteiger partial charge in [0, 0.05) is 13.2 Å². The predicted octanol–water partition coefficient (Wildman–Crippen LogP) is -0.169. The van der Waals surface area contributed by atoms with Crippen LogP contribution in [-0.2, 0) is 9.59 Å². The minimum absolute atomic E-state index is 0.140. The summed E-state index contributed by atoms with van der Waals surface area (Å²) in [5.74, 6) is 0.0851. The Morgan fingerprint density at radius 3 is 2.90 bits per heavy atom. The summed E-state index contributed by atoms with van der Waals surface area (Å²) in [4.78, 5) is 32.6. The standard InChI is InChI=1S/C12H12N6O2/c1-17-10(19)5-9(12(17)20)16-8-3-2-4-14-11(8)18-7-13-6-15-18/h2-4,6-7,9,16H,5H2,1H3. The Labute approximate surface area is 114 Å². The summed E-state index contributed by atoms with van der Waals surface area (Å²) in [5.41, 5.74) is 0.624. The van der Waals surface area contributed by atoms with Crippen LogP contribution in [0.4, 0.5) is 5.69 Å². The molecule has 1 atom stereocenters. The van der Waals surface area contributed by atoms with Crippen LogP contribution in [0.15, 0.2) is 31.0 Å². The number of imide groups is 1. The molecule has 3 rings (SSSR count). The zero-order valence-electron chi connectivity index (χ0n) is 10.7. The molecule has 1 fully saturated rings. The van der Waals surface area contributed by atoms with Gasteiger partial charge >= 0.3 is 0 Å². The van der Waals surface area contributed by atoms with Crippen molar-refractivity contribution >= 4 is 17.5 Å². The fourth-order valence-electron chi connectivity index (χ4n) is 2.07. The van der Waals surface area contributed by atoms with Crippen LogP contribution in [-0.4, -0.2) is 49.6 Å². The van der Waals surface area contributed by atoms with Gasteiger partial charge in [-0.15, -0.1) is 0 Å². The van der Waals surface area contributed by atoms with E-state index in [0.717, 1.165) is 4.90 Å². The Morgan fingerprint density at radius 1 is 1.40 bits per heavy atom. The number of amides is 2. The van der Waals surface area contributed by atoms with E-state index in [2.05, 4.69) is 20.4 Å². The zero-order valence-corrected chi connectivity index (χ0v) is 10.7. The first-order chi connectivity index (χ1) is 9.66. The predicted molar refractivity (Wildman–Crippen MR) is 69.0 cm³/mol. The highest BCUT2D eigenvalue weighted by molar-refractivity contribution is 6.06. The number of carbonyl (C=O) groups excluding carboxylic acids is 2. The molecule has 3 heterocycles. The zero-order chi connectivity index (χ0) is 14.1. The molecule has 8 nitrogen and oxygen atoms in total. The van der Waals surface area contributed by atoms with Crippen LogP contribution in [0.5, 0.6) is 0 Å². The number of nitrogens with one attached hydrogen (secondary N) is 1. The number of pyridine rings is 1. The van der Waals surface area contributed by atoms with E-state index in [4.69, 9.17) is 0 Å². The summed E-state index contributed by atoms with van der Waals surface area (Å²) in [6, 6.07) is 2.95. The lowest BCUT2D eigenvalue weighted by atomic mass is 10.2. The van der Waals surface area contributed by atoms with Gasteiger partial charge in [0.2, 0.25) is 5.91 Å². The molecule has 102 valence electrons. The molecule has 2 amide bonds. The summed E-state index contributed by atoms with van der Waals surface area (Å²) in [6.07, 6.45) is 4.68. The van der Waals surface area contributed by atoms with E-state index >= 15 is 0 Å². The van der Waals surface area contributed by atoms with Crippen molar-refractivity contribution in [1.29, 1.82) is 0 Å². The molecule has 0 aliphatic carbocycles. The number of hydrogen-bond acceptors (Lipinski definition) is 6. The Morgan fingerprint density at radius 2 is 2.25 bits per heavy atom. The van der Waals surface area contributed by atoms with Crippen molar-refractivity contribution in [3.63, 3.8) is 0 Å². The maximum Gasteiger partial charge on any atom is 0.251 e. The third-order valence-electron chi connectivity index (χ3n) is 3.13. The maximum absolute atomic E-state index is 11.9. The summed E-state index contributed by atoms with van der Waals surface area (Å²) >= 11 is 0. The van der Waals surface area contributed by atoms with Gasteiger partial charge in [-0.05, 0) is 12.1 Å². The summed E-state index contributed by atoms with van der Waals surface area (Å²) in [5, 5.41) is 7.06. The Balaban J connectivity index is 1.89. The molecule has 0 spiro atoms. The van der Waals surface area contributed by atoms with Crippen molar-refractivity contribution in [3.8, 4) is 5.82 Å². The Bertz CT molecular complexity index is 654. The van der Waals surface area contributed by atoms with Gasteiger partial charge in [0.1, 0.15) is 18.7 Å². The number of carbonyl (C=O) groups is 2. The quantitative estimate of drug-likeness (QED) is 0.780. The highest BCUT2D eigenvalue weighted by Crippen LogP contribution is 2.21. The summed E-state index contributed by atoms with van der Waals surface area (Å²) in [6.45, 7) is 0. The van der Waals surface area contributed by atoms with Crippen LogP contribution in [0, 0.1) is 0 Å². The van der Waals surface area contributed by atoms with Crippen LogP contribution in [0.3, 0.4) is 0 Å². The third kappa shape index (κ3) is 2.00. The van der Waals surface area contributed by atoms with Gasteiger partial charge < -0.3 is 5.32 Å². The molecule has 20 heavy (non-hydrogen) atoms. The number of anilines is 1. The second-order valence-corrected chi connectivity index (χ2v) is 4.41. The van der Waals surface area contributed by atoms with Crippen LogP contribution in [0.25, 0.3) is 5.82 Å². The van der Waals surface area contributed by atoms with E-state index in [9.17, 15) is 9.59 Å². The van der Waals surface area contributed by atoms with Crippen molar-refractivity contribution in [2.75, 3.05) is 12.4 Å². The molecule has 2 aromatic rings. The lowest BCUT2D eigenvalue weighted by Gasteiger charge is -2.14. The molecule has 0 radical (unpaired) electrons. The molecule has 0 aromatic carbocycles. The first kappa shape index (κ1) is 12.3. The monoisotopic (exact) mass is 272 g/mol. The van der Waals surface area contributed by atoms with Crippen LogP contribution in [0.1, 0.15) is 6.42 Å². The number of likely N-dealkylation sites (tertiary alicyclic amines) is 1. The number of hydrogen-bond donors (Lipinski definition) is 1. The fraction of sp³-hybridized carbons (Fsp3) is 0.250. The normalized spacial score (nSPS) is 18.6. The molecule has 2 aromatic heterocycles. The smallest absolute Gasteiger partial charge is 0.251 e. The van der Waals surface area contributed by atoms with Gasteiger partial charge in [0.15, 0.2) is 5.82 Å². The minimum Gasteiger partial charge on any atom is -0.370 e. The van der Waals surface area contributed by atoms with Gasteiger partial charge in [0.05, 0.1) is 12.1 Å². The third-order valence-corrected chi connectivity index (χ3v) is 3.13. The molecular weight excluding hydrogens is 260 g/mol. The van der Waals surface area contributed by atoms with Crippen LogP contribution in [0.2, 0.25) is 0 Å². The van der Waals surface area contributed by atoms with Crippen LogP contribution >= 0.6 is 0 Å². The second kappa shape index (κ2) is 4.72. The number of likely N-dealkylation sites (N-methyl/N-ethyl adjacent to an activating group) is 1. The SMILES string of the molecule is CN1C(=O)CC(Nc2cccnc2-n2cncn2)C1=O. The highest BCUT2D eigenvalue weighted by Gasteiger charge is 2.36. The molecule has 1 unspecified atom stereocenters. The molecule has 1 saturated heterocycles. The highest BCUT2D eigenvalue weighted by atomic mass is 16.2. The van der Waals surface area contributed by atoms with Gasteiger partial charge in [-0.25, -0.2) is 14.6 Å². The van der Waals surface area contributed by atoms with Crippen LogP contribution < -0.4 is 5.32 Å². The molecular formula is C12H12N6O2. The van der Waals surface area contributed by atoms with E-state index in [-0.39, 0.29) is 18.2 Å². The van der Waals surface area contributed by atoms with E-state index in [0.29, 0.717) is 11.5 Å². The topological polar surface area (TPSA) is 93.0 Å². The number of aromatic nitrogens is 4. The largest absolute Gasteiger partial charge is 0.370 e. The van der Waals surface area contributed by atoms with Crippen molar-refractivity contribution in [1.82, 2.24) is 24.6 Å². The first-order valence-corrected chi connectivity index (χ1v) is 6.04. The van der Waals surface area contributed by atoms with Crippen molar-refractivity contribution in [3.05, 3.63) is 31.0 Å². The van der Waals surface area contributed by atoms with E-state index in [1.807, 2.05) is 0 Å². The first-order valence-electron chi connectivity index (χ1n) is 6.04. The Kier molecular flexibility index (Phi) is 2.90. The number of nitrogens with zero attached hydrogens (tertiary/aromatic N) is 5.